The number of methoxy groups -OCH3 is 2. The maximum Gasteiger partial charge on any atom is 0.214 e. The molecule has 0 aliphatic carbocycles. The molecule has 0 fully saturated rings. The molecule has 0 amide bonds. The summed E-state index contributed by atoms with van der Waals surface area (Å²) in [7, 11) is 3.10. The fourth-order valence-corrected chi connectivity index (χ4v) is 3.72. The van der Waals surface area contributed by atoms with Gasteiger partial charge < -0.3 is 13.9 Å². The molecule has 2 aromatic carbocycles. The molecule has 4 nitrogen and oxygen atoms in total. The van der Waals surface area contributed by atoms with Crippen molar-refractivity contribution < 1.29 is 13.9 Å². The lowest BCUT2D eigenvalue weighted by atomic mass is 10.1. The molecule has 0 aliphatic rings. The lowest BCUT2D eigenvalue weighted by Gasteiger charge is -2.07. The van der Waals surface area contributed by atoms with Gasteiger partial charge in [-0.05, 0) is 12.1 Å². The van der Waals surface area contributed by atoms with Crippen LogP contribution in [0.25, 0.3) is 31.3 Å². The second kappa shape index (κ2) is 4.74. The number of hydrogen-bond donors (Lipinski definition) is 0. The van der Waals surface area contributed by atoms with Crippen molar-refractivity contribution in [3.8, 4) is 11.5 Å². The first kappa shape index (κ1) is 13.2. The minimum absolute atomic E-state index is 0.0723. The maximum atomic E-state index is 12.9. The fourth-order valence-electron chi connectivity index (χ4n) is 2.65. The largest absolute Gasteiger partial charge is 0.496 e. The average molecular weight is 312 g/mol. The Morgan fingerprint density at radius 3 is 2.68 bits per heavy atom. The van der Waals surface area contributed by atoms with E-state index in [0.29, 0.717) is 32.8 Å². The van der Waals surface area contributed by atoms with Crippen LogP contribution in [0.5, 0.6) is 11.5 Å². The Morgan fingerprint density at radius 1 is 1.09 bits per heavy atom. The SMILES string of the molecule is COc1cc(OC)c2c(=O)c3sc4ccccc4c3oc2c1. The molecule has 0 aliphatic heterocycles. The van der Waals surface area contributed by atoms with Crippen LogP contribution in [0.4, 0.5) is 0 Å². The number of rotatable bonds is 2. The van der Waals surface area contributed by atoms with Crippen LogP contribution in [0.1, 0.15) is 0 Å². The number of thiophene rings is 1. The van der Waals surface area contributed by atoms with Crippen molar-refractivity contribution in [1.29, 1.82) is 0 Å². The quantitative estimate of drug-likeness (QED) is 0.557. The lowest BCUT2D eigenvalue weighted by molar-refractivity contribution is 0.396. The molecule has 0 unspecified atom stereocenters. The Labute approximate surface area is 129 Å². The van der Waals surface area contributed by atoms with E-state index in [1.165, 1.54) is 18.4 Å². The topological polar surface area (TPSA) is 48.7 Å². The van der Waals surface area contributed by atoms with Gasteiger partial charge in [0.25, 0.3) is 0 Å². The molecule has 0 spiro atoms. The van der Waals surface area contributed by atoms with Gasteiger partial charge in [-0.1, -0.05) is 12.1 Å². The molecule has 0 saturated heterocycles. The summed E-state index contributed by atoms with van der Waals surface area (Å²) in [6.07, 6.45) is 0. The van der Waals surface area contributed by atoms with Gasteiger partial charge in [0.2, 0.25) is 5.43 Å². The number of benzene rings is 2. The molecule has 0 radical (unpaired) electrons. The van der Waals surface area contributed by atoms with E-state index in [-0.39, 0.29) is 5.43 Å². The van der Waals surface area contributed by atoms with E-state index in [4.69, 9.17) is 13.9 Å². The van der Waals surface area contributed by atoms with Crippen molar-refractivity contribution in [3.63, 3.8) is 0 Å². The van der Waals surface area contributed by atoms with Crippen LogP contribution < -0.4 is 14.9 Å². The third kappa shape index (κ3) is 1.72. The summed E-state index contributed by atoms with van der Waals surface area (Å²) in [6.45, 7) is 0. The van der Waals surface area contributed by atoms with E-state index in [2.05, 4.69) is 0 Å². The molecule has 4 aromatic rings. The molecule has 0 saturated carbocycles. The highest BCUT2D eigenvalue weighted by molar-refractivity contribution is 7.25. The van der Waals surface area contributed by atoms with E-state index in [0.717, 1.165) is 10.1 Å². The van der Waals surface area contributed by atoms with Gasteiger partial charge in [-0.15, -0.1) is 11.3 Å². The second-order valence-corrected chi connectivity index (χ2v) is 5.94. The summed E-state index contributed by atoms with van der Waals surface area (Å²) in [5.41, 5.74) is 1.02. The molecular formula is C17H12O4S. The Kier molecular flexibility index (Phi) is 2.84. The van der Waals surface area contributed by atoms with Gasteiger partial charge in [-0.2, -0.15) is 0 Å². The van der Waals surface area contributed by atoms with Gasteiger partial charge in [0.15, 0.2) is 5.58 Å². The zero-order chi connectivity index (χ0) is 15.3. The Morgan fingerprint density at radius 2 is 1.91 bits per heavy atom. The monoisotopic (exact) mass is 312 g/mol. The van der Waals surface area contributed by atoms with Crippen molar-refractivity contribution in [2.24, 2.45) is 0 Å². The molecule has 0 bridgehead atoms. The Hall–Kier alpha value is -2.53. The van der Waals surface area contributed by atoms with Gasteiger partial charge in [0.1, 0.15) is 27.2 Å². The Bertz CT molecular complexity index is 1070. The maximum absolute atomic E-state index is 12.9. The van der Waals surface area contributed by atoms with Crippen LogP contribution in [0.2, 0.25) is 0 Å². The second-order valence-electron chi connectivity index (χ2n) is 4.89. The van der Waals surface area contributed by atoms with E-state index < -0.39 is 0 Å². The summed E-state index contributed by atoms with van der Waals surface area (Å²) in [6, 6.07) is 11.2. The van der Waals surface area contributed by atoms with E-state index in [1.54, 1.807) is 19.2 Å². The first-order chi connectivity index (χ1) is 10.7. The lowest BCUT2D eigenvalue weighted by Crippen LogP contribution is -2.02. The number of ether oxygens (including phenoxy) is 2. The number of hydrogen-bond acceptors (Lipinski definition) is 5. The summed E-state index contributed by atoms with van der Waals surface area (Å²) >= 11 is 1.44. The average Bonchev–Trinajstić information content (AvgIpc) is 2.93. The summed E-state index contributed by atoms with van der Waals surface area (Å²) in [5.74, 6) is 1.05. The molecule has 4 rings (SSSR count). The van der Waals surface area contributed by atoms with Crippen molar-refractivity contribution in [3.05, 3.63) is 46.6 Å². The van der Waals surface area contributed by atoms with Crippen LogP contribution >= 0.6 is 11.3 Å². The predicted octanol–water partition coefficient (Wildman–Crippen LogP) is 4.18. The van der Waals surface area contributed by atoms with Gasteiger partial charge >= 0.3 is 0 Å². The van der Waals surface area contributed by atoms with Crippen LogP contribution in [-0.2, 0) is 0 Å². The first-order valence-corrected chi connectivity index (χ1v) is 7.54. The molecular weight excluding hydrogens is 300 g/mol. The van der Waals surface area contributed by atoms with E-state index in [1.807, 2.05) is 24.3 Å². The fraction of sp³-hybridized carbons (Fsp3) is 0.118. The van der Waals surface area contributed by atoms with E-state index >= 15 is 0 Å². The van der Waals surface area contributed by atoms with Gasteiger partial charge in [0.05, 0.1) is 14.2 Å². The third-order valence-corrected chi connectivity index (χ3v) is 4.84. The zero-order valence-corrected chi connectivity index (χ0v) is 12.8. The van der Waals surface area contributed by atoms with Crippen LogP contribution in [0.15, 0.2) is 45.6 Å². The summed E-state index contributed by atoms with van der Waals surface area (Å²) in [5, 5.41) is 1.39. The molecule has 0 atom stereocenters. The highest BCUT2D eigenvalue weighted by Gasteiger charge is 2.17. The number of fused-ring (bicyclic) bond motifs is 4. The molecule has 2 heterocycles. The van der Waals surface area contributed by atoms with E-state index in [9.17, 15) is 4.79 Å². The van der Waals surface area contributed by atoms with Crippen molar-refractivity contribution in [2.75, 3.05) is 14.2 Å². The summed E-state index contributed by atoms with van der Waals surface area (Å²) in [4.78, 5) is 12.9. The van der Waals surface area contributed by atoms with Crippen LogP contribution in [0, 0.1) is 0 Å². The summed E-state index contributed by atoms with van der Waals surface area (Å²) < 4.78 is 18.2. The molecule has 22 heavy (non-hydrogen) atoms. The molecule has 5 heteroatoms. The standard InChI is InChI=1S/C17H12O4S/c1-19-9-7-11(20-2)14-12(8-9)21-16-10-5-3-4-6-13(10)22-17(16)15(14)18/h3-8H,1-2H3. The first-order valence-electron chi connectivity index (χ1n) is 6.73. The zero-order valence-electron chi connectivity index (χ0n) is 12.0. The van der Waals surface area contributed by atoms with Crippen molar-refractivity contribution in [2.45, 2.75) is 0 Å². The van der Waals surface area contributed by atoms with Gasteiger partial charge in [0, 0.05) is 22.2 Å². The van der Waals surface area contributed by atoms with Crippen molar-refractivity contribution in [1.82, 2.24) is 0 Å². The highest BCUT2D eigenvalue weighted by atomic mass is 32.1. The smallest absolute Gasteiger partial charge is 0.214 e. The van der Waals surface area contributed by atoms with Crippen LogP contribution in [0.3, 0.4) is 0 Å². The van der Waals surface area contributed by atoms with Gasteiger partial charge in [-0.3, -0.25) is 4.79 Å². The minimum atomic E-state index is -0.0723. The van der Waals surface area contributed by atoms with Gasteiger partial charge in [-0.25, -0.2) is 0 Å². The van der Waals surface area contributed by atoms with Crippen LogP contribution in [-0.4, -0.2) is 14.2 Å². The van der Waals surface area contributed by atoms with Crippen molar-refractivity contribution >= 4 is 42.7 Å². The predicted molar refractivity (Wildman–Crippen MR) is 88.5 cm³/mol. The minimum Gasteiger partial charge on any atom is -0.496 e. The Balaban J connectivity index is 2.26. The molecule has 2 aromatic heterocycles. The highest BCUT2D eigenvalue weighted by Crippen LogP contribution is 2.37. The molecule has 110 valence electrons. The normalized spacial score (nSPS) is 11.4. The molecule has 0 N–H and O–H groups in total. The third-order valence-electron chi connectivity index (χ3n) is 3.69.